The fourth-order valence-corrected chi connectivity index (χ4v) is 6.59. The maximum Gasteiger partial charge on any atom is 0.248 e. The number of sulfonamides is 1. The molecule has 3 N–H and O–H groups in total. The van der Waals surface area contributed by atoms with E-state index in [0.29, 0.717) is 23.4 Å². The van der Waals surface area contributed by atoms with Gasteiger partial charge in [0.15, 0.2) is 0 Å². The maximum atomic E-state index is 13.4. The Bertz CT molecular complexity index is 1500. The van der Waals surface area contributed by atoms with Crippen molar-refractivity contribution < 1.29 is 13.2 Å². The van der Waals surface area contributed by atoms with Gasteiger partial charge >= 0.3 is 0 Å². The Balaban J connectivity index is 1.70. The minimum Gasteiger partial charge on any atom is -0.366 e. The summed E-state index contributed by atoms with van der Waals surface area (Å²) in [7, 11) is -3.70. The first-order chi connectivity index (χ1) is 16.6. The summed E-state index contributed by atoms with van der Waals surface area (Å²) in [5.74, 6) is -0.474. The zero-order valence-corrected chi connectivity index (χ0v) is 21.3. The summed E-state index contributed by atoms with van der Waals surface area (Å²) >= 11 is 0. The lowest BCUT2D eigenvalue weighted by Crippen LogP contribution is -2.38. The van der Waals surface area contributed by atoms with Crippen molar-refractivity contribution in [1.82, 2.24) is 9.29 Å². The van der Waals surface area contributed by atoms with Crippen LogP contribution in [0.4, 0.5) is 0 Å². The van der Waals surface area contributed by atoms with E-state index in [-0.39, 0.29) is 6.04 Å². The van der Waals surface area contributed by atoms with Crippen LogP contribution in [0.15, 0.2) is 71.8 Å². The fourth-order valence-electron chi connectivity index (χ4n) is 4.82. The van der Waals surface area contributed by atoms with E-state index < -0.39 is 15.9 Å². The molecule has 3 aromatic carbocycles. The van der Waals surface area contributed by atoms with E-state index in [0.717, 1.165) is 38.7 Å². The van der Waals surface area contributed by atoms with Crippen LogP contribution in [-0.2, 0) is 16.6 Å². The second kappa shape index (κ2) is 9.68. The quantitative estimate of drug-likeness (QED) is 0.361. The molecule has 1 amide bonds. The highest BCUT2D eigenvalue weighted by molar-refractivity contribution is 7.89. The van der Waals surface area contributed by atoms with Gasteiger partial charge in [0.05, 0.1) is 4.90 Å². The molecule has 0 aliphatic heterocycles. The minimum atomic E-state index is -3.70. The number of nitrogens with two attached hydrogens (primary N) is 1. The number of carbonyl (C=O) groups is 1. The number of hydrogen-bond donors (Lipinski definition) is 2. The first kappa shape index (κ1) is 24.7. The van der Waals surface area contributed by atoms with Crippen LogP contribution in [0.25, 0.3) is 22.0 Å². The molecule has 4 rings (SSSR count). The third kappa shape index (κ3) is 5.01. The molecule has 0 fully saturated rings. The van der Waals surface area contributed by atoms with Crippen molar-refractivity contribution in [3.05, 3.63) is 89.1 Å². The fraction of sp³-hybridized carbons (Fsp3) is 0.250. The van der Waals surface area contributed by atoms with Crippen molar-refractivity contribution in [2.45, 2.75) is 51.6 Å². The Labute approximate surface area is 206 Å². The van der Waals surface area contributed by atoms with Gasteiger partial charge < -0.3 is 10.3 Å². The van der Waals surface area contributed by atoms with Crippen molar-refractivity contribution in [2.75, 3.05) is 0 Å². The highest BCUT2D eigenvalue weighted by Gasteiger charge is 2.24. The molecule has 35 heavy (non-hydrogen) atoms. The average molecular weight is 490 g/mol. The molecule has 6 nitrogen and oxygen atoms in total. The predicted octanol–water partition coefficient (Wildman–Crippen LogP) is 5.09. The van der Waals surface area contributed by atoms with Gasteiger partial charge in [-0.1, -0.05) is 55.0 Å². The molecule has 0 aliphatic carbocycles. The molecule has 0 aliphatic rings. The number of amides is 1. The first-order valence-electron chi connectivity index (χ1n) is 11.7. The summed E-state index contributed by atoms with van der Waals surface area (Å²) in [4.78, 5) is 12.1. The highest BCUT2D eigenvalue weighted by atomic mass is 32.2. The summed E-state index contributed by atoms with van der Waals surface area (Å²) in [6.07, 6.45) is 2.65. The van der Waals surface area contributed by atoms with Crippen molar-refractivity contribution >= 4 is 26.8 Å². The molecular weight excluding hydrogens is 458 g/mol. The van der Waals surface area contributed by atoms with Crippen molar-refractivity contribution in [3.63, 3.8) is 0 Å². The van der Waals surface area contributed by atoms with E-state index in [4.69, 9.17) is 5.73 Å². The lowest BCUT2D eigenvalue weighted by Gasteiger charge is -2.20. The van der Waals surface area contributed by atoms with Crippen molar-refractivity contribution in [1.29, 1.82) is 0 Å². The normalized spacial score (nSPS) is 12.7. The molecule has 1 aromatic heterocycles. The number of benzene rings is 3. The molecule has 0 radical (unpaired) electrons. The largest absolute Gasteiger partial charge is 0.366 e. The molecule has 0 saturated heterocycles. The second-order valence-corrected chi connectivity index (χ2v) is 10.8. The standard InChI is InChI=1S/C28H31N3O3S/c1-5-23(30-35(33,34)27-19(3)13-18(2)14-20(27)4)16-31-17-25(24-11-6-7-12-26(24)31)21-9-8-10-22(15-21)28(29)32/h6-15,17,23,30H,5,16H2,1-4H3,(H2,29,32)/t23-/m0/s1. The second-order valence-electron chi connectivity index (χ2n) is 9.11. The van der Waals surface area contributed by atoms with Gasteiger partial charge in [-0.3, -0.25) is 4.79 Å². The minimum absolute atomic E-state index is 0.305. The topological polar surface area (TPSA) is 94.2 Å². The summed E-state index contributed by atoms with van der Waals surface area (Å²) in [6.45, 7) is 8.08. The molecular formula is C28H31N3O3S. The molecule has 1 atom stereocenters. The van der Waals surface area contributed by atoms with Crippen LogP contribution in [-0.4, -0.2) is 24.9 Å². The molecule has 7 heteroatoms. The number of aromatic nitrogens is 1. The van der Waals surface area contributed by atoms with E-state index >= 15 is 0 Å². The van der Waals surface area contributed by atoms with E-state index in [1.165, 1.54) is 0 Å². The molecule has 0 spiro atoms. The lowest BCUT2D eigenvalue weighted by atomic mass is 10.0. The van der Waals surface area contributed by atoms with Crippen LogP contribution in [0, 0.1) is 20.8 Å². The van der Waals surface area contributed by atoms with Crippen LogP contribution in [0.1, 0.15) is 40.4 Å². The van der Waals surface area contributed by atoms with Crippen LogP contribution in [0.2, 0.25) is 0 Å². The number of rotatable bonds is 8. The Morgan fingerprint density at radius 1 is 1.00 bits per heavy atom. The predicted molar refractivity (Wildman–Crippen MR) is 141 cm³/mol. The summed E-state index contributed by atoms with van der Waals surface area (Å²) in [5, 5.41) is 1.03. The Morgan fingerprint density at radius 2 is 1.69 bits per heavy atom. The van der Waals surface area contributed by atoms with E-state index in [1.807, 2.05) is 82.4 Å². The molecule has 0 bridgehead atoms. The Kier molecular flexibility index (Phi) is 6.83. The molecule has 0 unspecified atom stereocenters. The third-order valence-corrected chi connectivity index (χ3v) is 8.18. The summed E-state index contributed by atoms with van der Waals surface area (Å²) in [6, 6.07) is 18.7. The van der Waals surface area contributed by atoms with Gasteiger partial charge in [0.25, 0.3) is 0 Å². The van der Waals surface area contributed by atoms with Crippen LogP contribution >= 0.6 is 0 Å². The van der Waals surface area contributed by atoms with Gasteiger partial charge in [0.1, 0.15) is 0 Å². The lowest BCUT2D eigenvalue weighted by molar-refractivity contribution is 0.100. The number of primary amides is 1. The van der Waals surface area contributed by atoms with Crippen LogP contribution < -0.4 is 10.5 Å². The van der Waals surface area contributed by atoms with Gasteiger partial charge in [-0.05, 0) is 62.1 Å². The maximum absolute atomic E-state index is 13.4. The van der Waals surface area contributed by atoms with E-state index in [9.17, 15) is 13.2 Å². The zero-order chi connectivity index (χ0) is 25.3. The highest BCUT2D eigenvalue weighted by Crippen LogP contribution is 2.32. The van der Waals surface area contributed by atoms with Gasteiger partial charge in [0, 0.05) is 40.8 Å². The van der Waals surface area contributed by atoms with E-state index in [1.54, 1.807) is 12.1 Å². The van der Waals surface area contributed by atoms with Gasteiger partial charge in [0.2, 0.25) is 15.9 Å². The molecule has 182 valence electrons. The van der Waals surface area contributed by atoms with Crippen molar-refractivity contribution in [3.8, 4) is 11.1 Å². The number of fused-ring (bicyclic) bond motifs is 1. The SMILES string of the molecule is CC[C@@H](Cn1cc(-c2cccc(C(N)=O)c2)c2ccccc21)NS(=O)(=O)c1c(C)cc(C)cc1C. The number of carbonyl (C=O) groups excluding carboxylic acids is 1. The number of aryl methyl sites for hydroxylation is 3. The van der Waals surface area contributed by atoms with Gasteiger partial charge in [-0.15, -0.1) is 0 Å². The molecule has 0 saturated carbocycles. The number of hydrogen-bond acceptors (Lipinski definition) is 3. The average Bonchev–Trinajstić information content (AvgIpc) is 3.16. The van der Waals surface area contributed by atoms with Gasteiger partial charge in [-0.2, -0.15) is 0 Å². The number of nitrogens with zero attached hydrogens (tertiary/aromatic N) is 1. The van der Waals surface area contributed by atoms with Crippen molar-refractivity contribution in [2.24, 2.45) is 5.73 Å². The third-order valence-electron chi connectivity index (χ3n) is 6.35. The molecule has 4 aromatic rings. The van der Waals surface area contributed by atoms with E-state index in [2.05, 4.69) is 9.29 Å². The Hall–Kier alpha value is -3.42. The van der Waals surface area contributed by atoms with Crippen LogP contribution in [0.5, 0.6) is 0 Å². The molecule has 1 heterocycles. The smallest absolute Gasteiger partial charge is 0.248 e. The Morgan fingerprint density at radius 3 is 2.34 bits per heavy atom. The number of para-hydroxylation sites is 1. The summed E-state index contributed by atoms with van der Waals surface area (Å²) < 4.78 is 31.8. The van der Waals surface area contributed by atoms with Crippen LogP contribution in [0.3, 0.4) is 0 Å². The summed E-state index contributed by atoms with van der Waals surface area (Å²) in [5.41, 5.74) is 11.3. The monoisotopic (exact) mass is 489 g/mol. The number of nitrogens with one attached hydrogen (secondary N) is 1. The van der Waals surface area contributed by atoms with Gasteiger partial charge in [-0.25, -0.2) is 13.1 Å². The first-order valence-corrected chi connectivity index (χ1v) is 13.2. The zero-order valence-electron chi connectivity index (χ0n) is 20.5.